The van der Waals surface area contributed by atoms with E-state index in [0.29, 0.717) is 0 Å². The predicted molar refractivity (Wildman–Crippen MR) is 57.8 cm³/mol. The summed E-state index contributed by atoms with van der Waals surface area (Å²) in [6, 6.07) is 0. The van der Waals surface area contributed by atoms with E-state index in [4.69, 9.17) is 0 Å². The van der Waals surface area contributed by atoms with Gasteiger partial charge >= 0.3 is 0 Å². The second kappa shape index (κ2) is 5.13. The average Bonchev–Trinajstić information content (AvgIpc) is 2.07. The molecular weight excluding hydrogens is 166 g/mol. The summed E-state index contributed by atoms with van der Waals surface area (Å²) < 4.78 is 0. The largest absolute Gasteiger partial charge is 0.306 e. The molecule has 2 bridgehead atoms. The minimum absolute atomic E-state index is 1.02. The molecule has 2 heteroatoms. The summed E-state index contributed by atoms with van der Waals surface area (Å²) >= 11 is 2.16. The minimum Gasteiger partial charge on any atom is -0.306 e. The summed E-state index contributed by atoms with van der Waals surface area (Å²) in [7, 11) is 2.26. The molecule has 0 saturated carbocycles. The van der Waals surface area contributed by atoms with E-state index in [-0.39, 0.29) is 0 Å². The summed E-state index contributed by atoms with van der Waals surface area (Å²) in [4.78, 5) is 2.50. The Labute approximate surface area is 80.9 Å². The normalized spacial score (nSPS) is 35.2. The van der Waals surface area contributed by atoms with Crippen molar-refractivity contribution in [2.75, 3.05) is 31.6 Å². The number of thioether (sulfide) groups is 1. The van der Waals surface area contributed by atoms with Gasteiger partial charge < -0.3 is 4.90 Å². The molecule has 0 aliphatic carbocycles. The molecule has 0 N–H and O–H groups in total. The van der Waals surface area contributed by atoms with Gasteiger partial charge in [-0.3, -0.25) is 0 Å². The van der Waals surface area contributed by atoms with Crippen LogP contribution in [0.15, 0.2) is 0 Å². The van der Waals surface area contributed by atoms with Crippen molar-refractivity contribution in [1.82, 2.24) is 4.90 Å². The monoisotopic (exact) mass is 187 g/mol. The fourth-order valence-electron chi connectivity index (χ4n) is 2.22. The molecular formula is C10H21NS. The Hall–Kier alpha value is 0.310. The molecule has 0 spiro atoms. The molecule has 2 rings (SSSR count). The van der Waals surface area contributed by atoms with E-state index in [1.807, 2.05) is 13.8 Å². The molecule has 2 aliphatic rings. The van der Waals surface area contributed by atoms with Crippen LogP contribution in [0.4, 0.5) is 0 Å². The zero-order valence-electron chi connectivity index (χ0n) is 8.55. The highest BCUT2D eigenvalue weighted by molar-refractivity contribution is 7.99. The standard InChI is InChI=1S/C8H15NS.C2H6/c1-9-3-7-2-8(4-9)6-10-5-7;1-2/h7-8H,2-6H2,1H3;1-2H3. The molecule has 1 nitrogen and oxygen atoms in total. The van der Waals surface area contributed by atoms with Gasteiger partial charge in [0.05, 0.1) is 0 Å². The SMILES string of the molecule is CC.CN1CC2CSCC(C2)C1. The lowest BCUT2D eigenvalue weighted by molar-refractivity contribution is 0.170. The van der Waals surface area contributed by atoms with Crippen molar-refractivity contribution in [3.63, 3.8) is 0 Å². The maximum Gasteiger partial charge on any atom is 0.00147 e. The van der Waals surface area contributed by atoms with Crippen molar-refractivity contribution in [3.8, 4) is 0 Å². The van der Waals surface area contributed by atoms with E-state index >= 15 is 0 Å². The van der Waals surface area contributed by atoms with Gasteiger partial charge in [0.1, 0.15) is 0 Å². The van der Waals surface area contributed by atoms with E-state index in [9.17, 15) is 0 Å². The van der Waals surface area contributed by atoms with E-state index in [1.54, 1.807) is 0 Å². The average molecular weight is 187 g/mol. The summed E-state index contributed by atoms with van der Waals surface area (Å²) in [6.07, 6.45) is 1.51. The zero-order valence-corrected chi connectivity index (χ0v) is 9.36. The van der Waals surface area contributed by atoms with Crippen LogP contribution >= 0.6 is 11.8 Å². The summed E-state index contributed by atoms with van der Waals surface area (Å²) in [5.74, 6) is 4.87. The molecule has 0 aromatic carbocycles. The second-order valence-corrected chi connectivity index (χ2v) is 4.80. The molecule has 72 valence electrons. The van der Waals surface area contributed by atoms with Crippen molar-refractivity contribution < 1.29 is 0 Å². The van der Waals surface area contributed by atoms with Crippen LogP contribution in [0.25, 0.3) is 0 Å². The van der Waals surface area contributed by atoms with Crippen LogP contribution < -0.4 is 0 Å². The third kappa shape index (κ3) is 2.67. The van der Waals surface area contributed by atoms with Gasteiger partial charge in [-0.25, -0.2) is 0 Å². The smallest absolute Gasteiger partial charge is 0.00147 e. The Morgan fingerprint density at radius 2 is 1.58 bits per heavy atom. The van der Waals surface area contributed by atoms with Crippen molar-refractivity contribution in [1.29, 1.82) is 0 Å². The van der Waals surface area contributed by atoms with Crippen LogP contribution in [0.2, 0.25) is 0 Å². The number of fused-ring (bicyclic) bond motifs is 2. The highest BCUT2D eigenvalue weighted by Gasteiger charge is 2.28. The van der Waals surface area contributed by atoms with Crippen molar-refractivity contribution >= 4 is 11.8 Å². The molecule has 2 fully saturated rings. The Balaban J connectivity index is 0.000000336. The van der Waals surface area contributed by atoms with Crippen LogP contribution in [0.1, 0.15) is 20.3 Å². The first-order valence-corrected chi connectivity index (χ1v) is 6.26. The van der Waals surface area contributed by atoms with Gasteiger partial charge in [0.2, 0.25) is 0 Å². The third-order valence-corrected chi connectivity index (χ3v) is 3.93. The number of likely N-dealkylation sites (tertiary alicyclic amines) is 1. The second-order valence-electron chi connectivity index (χ2n) is 3.73. The molecule has 12 heavy (non-hydrogen) atoms. The van der Waals surface area contributed by atoms with E-state index in [0.717, 1.165) is 11.8 Å². The van der Waals surface area contributed by atoms with Crippen LogP contribution in [-0.4, -0.2) is 36.5 Å². The van der Waals surface area contributed by atoms with Crippen molar-refractivity contribution in [2.24, 2.45) is 11.8 Å². The highest BCUT2D eigenvalue weighted by Crippen LogP contribution is 2.31. The molecule has 2 saturated heterocycles. The Morgan fingerprint density at radius 3 is 2.08 bits per heavy atom. The van der Waals surface area contributed by atoms with Gasteiger partial charge in [0.25, 0.3) is 0 Å². The van der Waals surface area contributed by atoms with E-state index in [2.05, 4.69) is 23.7 Å². The lowest BCUT2D eigenvalue weighted by Gasteiger charge is -2.39. The number of hydrogen-bond acceptors (Lipinski definition) is 2. The first-order valence-electron chi connectivity index (χ1n) is 5.11. The van der Waals surface area contributed by atoms with E-state index in [1.165, 1.54) is 31.0 Å². The number of hydrogen-bond donors (Lipinski definition) is 0. The van der Waals surface area contributed by atoms with Crippen molar-refractivity contribution in [2.45, 2.75) is 20.3 Å². The molecule has 2 atom stereocenters. The van der Waals surface area contributed by atoms with Gasteiger partial charge in [-0.15, -0.1) is 0 Å². The van der Waals surface area contributed by atoms with Crippen LogP contribution in [0.3, 0.4) is 0 Å². The van der Waals surface area contributed by atoms with Gasteiger partial charge in [-0.05, 0) is 36.8 Å². The maximum absolute atomic E-state index is 2.50. The molecule has 0 aromatic heterocycles. The van der Waals surface area contributed by atoms with Gasteiger partial charge in [0, 0.05) is 13.1 Å². The minimum atomic E-state index is 1.02. The Bertz CT molecular complexity index is 111. The molecule has 0 aromatic rings. The van der Waals surface area contributed by atoms with Gasteiger partial charge in [0.15, 0.2) is 0 Å². The third-order valence-electron chi connectivity index (χ3n) is 2.51. The van der Waals surface area contributed by atoms with Crippen LogP contribution in [-0.2, 0) is 0 Å². The Morgan fingerprint density at radius 1 is 1.08 bits per heavy atom. The predicted octanol–water partition coefficient (Wildman–Crippen LogP) is 2.33. The summed E-state index contributed by atoms with van der Waals surface area (Å²) in [5, 5.41) is 0. The van der Waals surface area contributed by atoms with Crippen LogP contribution in [0.5, 0.6) is 0 Å². The topological polar surface area (TPSA) is 3.24 Å². The zero-order chi connectivity index (χ0) is 8.97. The van der Waals surface area contributed by atoms with Crippen LogP contribution in [0, 0.1) is 11.8 Å². The summed E-state index contributed by atoms with van der Waals surface area (Å²) in [6.45, 7) is 6.70. The first kappa shape index (κ1) is 10.4. The molecule has 2 unspecified atom stereocenters. The Kier molecular flexibility index (Phi) is 4.44. The molecule has 2 heterocycles. The maximum atomic E-state index is 2.50. The van der Waals surface area contributed by atoms with Gasteiger partial charge in [-0.1, -0.05) is 13.8 Å². The van der Waals surface area contributed by atoms with Crippen molar-refractivity contribution in [3.05, 3.63) is 0 Å². The fraction of sp³-hybridized carbons (Fsp3) is 1.00. The van der Waals surface area contributed by atoms with E-state index < -0.39 is 0 Å². The highest BCUT2D eigenvalue weighted by atomic mass is 32.2. The number of piperidine rings is 1. The lowest BCUT2D eigenvalue weighted by Crippen LogP contribution is -2.42. The van der Waals surface area contributed by atoms with Gasteiger partial charge in [-0.2, -0.15) is 11.8 Å². The molecule has 0 amide bonds. The number of rotatable bonds is 0. The number of nitrogens with zero attached hydrogens (tertiary/aromatic N) is 1. The first-order chi connectivity index (χ1) is 5.84. The molecule has 2 aliphatic heterocycles. The fourth-order valence-corrected chi connectivity index (χ4v) is 3.51. The summed E-state index contributed by atoms with van der Waals surface area (Å²) in [5.41, 5.74) is 0. The lowest BCUT2D eigenvalue weighted by atomic mass is 9.91. The quantitative estimate of drug-likeness (QED) is 0.572. The molecule has 0 radical (unpaired) electrons.